The monoisotopic (exact) mass is 484 g/mol. The minimum Gasteiger partial charge on any atom is -0.493 e. The maximum absolute atomic E-state index is 14.1. The van der Waals surface area contributed by atoms with E-state index in [1.165, 1.54) is 41.6 Å². The topological polar surface area (TPSA) is 142 Å². The Labute approximate surface area is 196 Å². The summed E-state index contributed by atoms with van der Waals surface area (Å²) in [6.07, 6.45) is 2.32. The first-order valence-corrected chi connectivity index (χ1v) is 10.1. The second-order valence-electron chi connectivity index (χ2n) is 7.87. The van der Waals surface area contributed by atoms with E-state index in [0.29, 0.717) is 0 Å². The van der Waals surface area contributed by atoms with E-state index in [0.717, 1.165) is 27.4 Å². The van der Waals surface area contributed by atoms with Crippen molar-refractivity contribution in [2.75, 3.05) is 56.9 Å². The number of esters is 2. The van der Waals surface area contributed by atoms with E-state index in [1.54, 1.807) is 0 Å². The molecule has 0 spiro atoms. The number of carbonyl (C=O) groups is 4. The van der Waals surface area contributed by atoms with Gasteiger partial charge in [-0.25, -0.2) is 4.79 Å². The minimum atomic E-state index is -2.29. The number of rotatable bonds is 8. The highest BCUT2D eigenvalue weighted by molar-refractivity contribution is 6.12. The van der Waals surface area contributed by atoms with Gasteiger partial charge in [-0.15, -0.1) is 0 Å². The van der Waals surface area contributed by atoms with Gasteiger partial charge in [0.25, 0.3) is 5.78 Å². The highest BCUT2D eigenvalue weighted by atomic mass is 16.7. The Morgan fingerprint density at radius 3 is 1.74 bits per heavy atom. The van der Waals surface area contributed by atoms with Crippen molar-refractivity contribution < 1.29 is 57.1 Å². The van der Waals surface area contributed by atoms with Crippen molar-refractivity contribution in [2.24, 2.45) is 17.3 Å². The molecule has 1 saturated carbocycles. The smallest absolute Gasteiger partial charge is 0.334 e. The quantitative estimate of drug-likeness (QED) is 0.325. The molecule has 0 aromatic rings. The molecule has 4 aliphatic rings. The van der Waals surface area contributed by atoms with Crippen LogP contribution in [0.2, 0.25) is 0 Å². The predicted octanol–water partition coefficient (Wildman–Crippen LogP) is -0.450. The molecule has 188 valence electrons. The van der Waals surface area contributed by atoms with Crippen molar-refractivity contribution >= 4 is 23.5 Å². The lowest BCUT2D eigenvalue weighted by molar-refractivity contribution is -0.327. The Balaban J connectivity index is 2.66. The molecule has 0 unspecified atom stereocenters. The molecule has 0 aromatic heterocycles. The van der Waals surface area contributed by atoms with Crippen LogP contribution < -0.4 is 0 Å². The molecule has 4 rings (SSSR count). The fraction of sp³-hybridized carbons (Fsp3) is 0.636. The number of methoxy groups -OCH3 is 8. The van der Waals surface area contributed by atoms with Gasteiger partial charge in [0, 0.05) is 41.1 Å². The van der Waals surface area contributed by atoms with Gasteiger partial charge in [-0.1, -0.05) is 0 Å². The van der Waals surface area contributed by atoms with Crippen LogP contribution in [0.25, 0.3) is 0 Å². The van der Waals surface area contributed by atoms with Crippen LogP contribution in [0.1, 0.15) is 0 Å². The average molecular weight is 484 g/mol. The number of hydrogen-bond donors (Lipinski definition) is 0. The molecule has 0 N–H and O–H groups in total. The molecule has 0 radical (unpaired) electrons. The van der Waals surface area contributed by atoms with Gasteiger partial charge in [0.1, 0.15) is 5.41 Å². The standard InChI is InChI=1S/C22H28O12/c1-27-12-10-19(18(26)29-3)14(22(33-7,34-8)15(12)23)13-11(16(24)28-2)9-20(19,30-4)17(25)21(13,31-5)32-6/h9-10,13-14H,1-8H3/t13-,14+,19+,20-/m1/s1. The Hall–Kier alpha value is -2.64. The lowest BCUT2D eigenvalue weighted by atomic mass is 9.42. The van der Waals surface area contributed by atoms with Crippen LogP contribution in [0.3, 0.4) is 0 Å². The maximum Gasteiger partial charge on any atom is 0.334 e. The van der Waals surface area contributed by atoms with Gasteiger partial charge in [0.15, 0.2) is 11.4 Å². The summed E-state index contributed by atoms with van der Waals surface area (Å²) in [4.78, 5) is 54.3. The first-order valence-electron chi connectivity index (χ1n) is 10.1. The maximum atomic E-state index is 14.1. The average Bonchev–Trinajstić information content (AvgIpc) is 2.88. The van der Waals surface area contributed by atoms with Crippen LogP contribution in [0.5, 0.6) is 0 Å². The molecule has 0 aliphatic heterocycles. The Morgan fingerprint density at radius 2 is 1.32 bits per heavy atom. The zero-order valence-electron chi connectivity index (χ0n) is 20.2. The normalized spacial score (nSPS) is 32.9. The van der Waals surface area contributed by atoms with Crippen LogP contribution in [-0.2, 0) is 57.1 Å². The van der Waals surface area contributed by atoms with Gasteiger partial charge < -0.3 is 37.9 Å². The van der Waals surface area contributed by atoms with E-state index < -0.39 is 57.9 Å². The van der Waals surface area contributed by atoms with Crippen LogP contribution in [-0.4, -0.2) is 97.6 Å². The second kappa shape index (κ2) is 8.54. The molecule has 1 fully saturated rings. The fourth-order valence-electron chi connectivity index (χ4n) is 5.81. The first kappa shape index (κ1) is 26.0. The summed E-state index contributed by atoms with van der Waals surface area (Å²) in [5.41, 5.74) is -4.54. The van der Waals surface area contributed by atoms with Crippen molar-refractivity contribution in [1.29, 1.82) is 0 Å². The van der Waals surface area contributed by atoms with E-state index >= 15 is 0 Å². The van der Waals surface area contributed by atoms with Crippen LogP contribution in [0, 0.1) is 17.3 Å². The molecular formula is C22H28O12. The third-order valence-corrected chi connectivity index (χ3v) is 7.20. The largest absolute Gasteiger partial charge is 0.493 e. The molecule has 4 aliphatic carbocycles. The van der Waals surface area contributed by atoms with Crippen LogP contribution in [0.4, 0.5) is 0 Å². The van der Waals surface area contributed by atoms with Crippen molar-refractivity contribution in [3.63, 3.8) is 0 Å². The van der Waals surface area contributed by atoms with Gasteiger partial charge in [-0.3, -0.25) is 14.4 Å². The third kappa shape index (κ3) is 2.60. The second-order valence-corrected chi connectivity index (χ2v) is 7.87. The summed E-state index contributed by atoms with van der Waals surface area (Å²) >= 11 is 0. The third-order valence-electron chi connectivity index (χ3n) is 7.20. The fourth-order valence-corrected chi connectivity index (χ4v) is 5.81. The van der Waals surface area contributed by atoms with Crippen molar-refractivity contribution in [1.82, 2.24) is 0 Å². The van der Waals surface area contributed by atoms with Crippen molar-refractivity contribution in [3.05, 3.63) is 23.5 Å². The molecule has 4 atom stereocenters. The van der Waals surface area contributed by atoms with E-state index in [4.69, 9.17) is 37.9 Å². The molecule has 0 heterocycles. The molecule has 0 aromatic carbocycles. The summed E-state index contributed by atoms with van der Waals surface area (Å²) in [7, 11) is 9.32. The van der Waals surface area contributed by atoms with E-state index in [2.05, 4.69) is 0 Å². The molecule has 12 nitrogen and oxygen atoms in total. The Bertz CT molecular complexity index is 972. The number of ketones is 2. The van der Waals surface area contributed by atoms with E-state index in [-0.39, 0.29) is 11.3 Å². The van der Waals surface area contributed by atoms with Crippen molar-refractivity contribution in [3.8, 4) is 0 Å². The highest BCUT2D eigenvalue weighted by Gasteiger charge is 2.86. The SMILES string of the molecule is COC(=O)C1=C[C@@]2(OC)C(=O)C(OC)(OC)[C@H]1[C@@H]1C(OC)(OC)C(=O)C(OC)=C[C@@]12C(=O)OC. The number of ether oxygens (including phenoxy) is 8. The summed E-state index contributed by atoms with van der Waals surface area (Å²) < 4.78 is 43.5. The minimum absolute atomic E-state index is 0.141. The lowest BCUT2D eigenvalue weighted by Gasteiger charge is -2.65. The number of fused-ring (bicyclic) bond motifs is 1. The van der Waals surface area contributed by atoms with Crippen molar-refractivity contribution in [2.45, 2.75) is 17.2 Å². The Kier molecular flexibility index (Phi) is 6.52. The molecular weight excluding hydrogens is 456 g/mol. The zero-order chi connectivity index (χ0) is 25.7. The number of carbonyl (C=O) groups excluding carboxylic acids is 4. The molecule has 0 saturated heterocycles. The lowest BCUT2D eigenvalue weighted by Crippen LogP contribution is -2.83. The number of Topliss-reactive ketones (excluding diaryl/α,β-unsaturated/α-hetero) is 2. The summed E-state index contributed by atoms with van der Waals surface area (Å²) in [6, 6.07) is 0. The highest BCUT2D eigenvalue weighted by Crippen LogP contribution is 2.68. The van der Waals surface area contributed by atoms with E-state index in [9.17, 15) is 19.2 Å². The van der Waals surface area contributed by atoms with E-state index in [1.807, 2.05) is 0 Å². The first-order chi connectivity index (χ1) is 16.1. The van der Waals surface area contributed by atoms with Gasteiger partial charge in [0.2, 0.25) is 17.4 Å². The van der Waals surface area contributed by atoms with Crippen LogP contribution in [0.15, 0.2) is 23.5 Å². The van der Waals surface area contributed by atoms with Gasteiger partial charge in [-0.2, -0.15) is 0 Å². The summed E-state index contributed by atoms with van der Waals surface area (Å²) in [5, 5.41) is 0. The summed E-state index contributed by atoms with van der Waals surface area (Å²) in [6.45, 7) is 0. The molecule has 0 amide bonds. The zero-order valence-corrected chi connectivity index (χ0v) is 20.2. The van der Waals surface area contributed by atoms with Crippen LogP contribution >= 0.6 is 0 Å². The molecule has 12 heteroatoms. The summed E-state index contributed by atoms with van der Waals surface area (Å²) in [5.74, 6) is -11.2. The van der Waals surface area contributed by atoms with Gasteiger partial charge in [-0.05, 0) is 12.2 Å². The number of hydrogen-bond acceptors (Lipinski definition) is 12. The van der Waals surface area contributed by atoms with Gasteiger partial charge >= 0.3 is 11.9 Å². The molecule has 2 bridgehead atoms. The predicted molar refractivity (Wildman–Crippen MR) is 110 cm³/mol. The Morgan fingerprint density at radius 1 is 0.765 bits per heavy atom. The van der Waals surface area contributed by atoms with Gasteiger partial charge in [0.05, 0.1) is 33.2 Å². The molecule has 34 heavy (non-hydrogen) atoms.